The van der Waals surface area contributed by atoms with Gasteiger partial charge in [-0.15, -0.1) is 0 Å². The molecule has 0 amide bonds. The summed E-state index contributed by atoms with van der Waals surface area (Å²) in [6, 6.07) is 5.57. The molecule has 5 nitrogen and oxygen atoms in total. The molecule has 1 aromatic carbocycles. The van der Waals surface area contributed by atoms with Crippen LogP contribution in [0.5, 0.6) is 11.6 Å². The summed E-state index contributed by atoms with van der Waals surface area (Å²) in [7, 11) is 1.75. The van der Waals surface area contributed by atoms with E-state index in [-0.39, 0.29) is 5.84 Å². The minimum absolute atomic E-state index is 0.0613. The molecule has 1 heterocycles. The van der Waals surface area contributed by atoms with Crippen molar-refractivity contribution in [1.82, 2.24) is 9.78 Å². The van der Waals surface area contributed by atoms with E-state index in [2.05, 4.69) is 37.0 Å². The average Bonchev–Trinajstić information content (AvgIpc) is 2.57. The van der Waals surface area contributed by atoms with Crippen molar-refractivity contribution in [3.8, 4) is 11.6 Å². The van der Waals surface area contributed by atoms with E-state index in [0.717, 1.165) is 8.95 Å². The van der Waals surface area contributed by atoms with Crippen LogP contribution in [0, 0.1) is 12.3 Å². The lowest BCUT2D eigenvalue weighted by atomic mass is 10.2. The molecule has 7 heteroatoms. The molecule has 0 saturated heterocycles. The van der Waals surface area contributed by atoms with Crippen LogP contribution >= 0.6 is 31.9 Å². The van der Waals surface area contributed by atoms with Gasteiger partial charge in [0.1, 0.15) is 17.1 Å². The molecule has 0 radical (unpaired) electrons. The van der Waals surface area contributed by atoms with Crippen molar-refractivity contribution in [3.05, 3.63) is 38.4 Å². The van der Waals surface area contributed by atoms with Gasteiger partial charge in [0.15, 0.2) is 0 Å². The number of nitrogen functional groups attached to an aromatic ring is 1. The Morgan fingerprint density at radius 1 is 1.42 bits per heavy atom. The first-order chi connectivity index (χ1) is 8.90. The van der Waals surface area contributed by atoms with Crippen molar-refractivity contribution in [3.63, 3.8) is 0 Å². The molecule has 2 rings (SSSR count). The Hall–Kier alpha value is -1.34. The van der Waals surface area contributed by atoms with E-state index in [0.29, 0.717) is 22.9 Å². The van der Waals surface area contributed by atoms with Gasteiger partial charge in [0, 0.05) is 11.5 Å². The van der Waals surface area contributed by atoms with Gasteiger partial charge in [-0.2, -0.15) is 5.10 Å². The van der Waals surface area contributed by atoms with Crippen molar-refractivity contribution in [2.75, 3.05) is 0 Å². The van der Waals surface area contributed by atoms with Crippen molar-refractivity contribution in [2.24, 2.45) is 12.8 Å². The highest BCUT2D eigenvalue weighted by Gasteiger charge is 2.18. The zero-order chi connectivity index (χ0) is 14.2. The highest BCUT2D eigenvalue weighted by atomic mass is 79.9. The number of aromatic nitrogens is 2. The standard InChI is InChI=1S/C12H12Br2N4O/c1-6-10(11(15)16)12(18(2)17-6)19-9-4-3-7(13)5-8(9)14/h3-5H,1-2H3,(H3,15,16). The maximum absolute atomic E-state index is 7.61. The van der Waals surface area contributed by atoms with Gasteiger partial charge in [0.25, 0.3) is 0 Å². The summed E-state index contributed by atoms with van der Waals surface area (Å²) in [4.78, 5) is 0. The van der Waals surface area contributed by atoms with Crippen LogP contribution in [0.25, 0.3) is 0 Å². The van der Waals surface area contributed by atoms with E-state index in [4.69, 9.17) is 15.9 Å². The topological polar surface area (TPSA) is 76.9 Å². The monoisotopic (exact) mass is 386 g/mol. The van der Waals surface area contributed by atoms with Gasteiger partial charge in [-0.3, -0.25) is 5.41 Å². The molecule has 0 unspecified atom stereocenters. The number of aryl methyl sites for hydroxylation is 2. The van der Waals surface area contributed by atoms with Crippen LogP contribution in [0.3, 0.4) is 0 Å². The zero-order valence-corrected chi connectivity index (χ0v) is 13.5. The Balaban J connectivity index is 2.46. The van der Waals surface area contributed by atoms with Gasteiger partial charge in [0.2, 0.25) is 5.88 Å². The third-order valence-electron chi connectivity index (χ3n) is 2.54. The van der Waals surface area contributed by atoms with Crippen molar-refractivity contribution in [2.45, 2.75) is 6.92 Å². The van der Waals surface area contributed by atoms with Gasteiger partial charge in [-0.1, -0.05) is 15.9 Å². The molecule has 0 saturated carbocycles. The molecule has 0 aliphatic carbocycles. The Morgan fingerprint density at radius 2 is 2.11 bits per heavy atom. The highest BCUT2D eigenvalue weighted by Crippen LogP contribution is 2.33. The molecule has 0 atom stereocenters. The number of hydrogen-bond acceptors (Lipinski definition) is 3. The number of nitrogens with zero attached hydrogens (tertiary/aromatic N) is 2. The second-order valence-electron chi connectivity index (χ2n) is 3.98. The van der Waals surface area contributed by atoms with Crippen molar-refractivity contribution >= 4 is 37.7 Å². The van der Waals surface area contributed by atoms with Gasteiger partial charge in [-0.25, -0.2) is 4.68 Å². The number of rotatable bonds is 3. The summed E-state index contributed by atoms with van der Waals surface area (Å²) < 4.78 is 9.14. The first-order valence-corrected chi connectivity index (χ1v) is 6.99. The second kappa shape index (κ2) is 5.34. The minimum Gasteiger partial charge on any atom is -0.437 e. The fourth-order valence-electron chi connectivity index (χ4n) is 1.73. The number of nitrogens with one attached hydrogen (secondary N) is 1. The van der Waals surface area contributed by atoms with Gasteiger partial charge in [-0.05, 0) is 41.1 Å². The Bertz CT molecular complexity index is 651. The number of ether oxygens (including phenoxy) is 1. The maximum atomic E-state index is 7.61. The minimum atomic E-state index is -0.0613. The predicted molar refractivity (Wildman–Crippen MR) is 80.9 cm³/mol. The molecule has 0 bridgehead atoms. The molecule has 0 aliphatic heterocycles. The lowest BCUT2D eigenvalue weighted by Gasteiger charge is -2.10. The number of nitrogens with two attached hydrogens (primary N) is 1. The van der Waals surface area contributed by atoms with Crippen LogP contribution < -0.4 is 10.5 Å². The Morgan fingerprint density at radius 3 is 2.68 bits per heavy atom. The quantitative estimate of drug-likeness (QED) is 0.626. The summed E-state index contributed by atoms with van der Waals surface area (Å²) in [5.41, 5.74) is 6.75. The van der Waals surface area contributed by atoms with E-state index in [1.807, 2.05) is 18.2 Å². The van der Waals surface area contributed by atoms with Crippen molar-refractivity contribution in [1.29, 1.82) is 5.41 Å². The molecule has 0 spiro atoms. The highest BCUT2D eigenvalue weighted by molar-refractivity contribution is 9.11. The zero-order valence-electron chi connectivity index (χ0n) is 10.4. The maximum Gasteiger partial charge on any atom is 0.228 e. The number of amidine groups is 1. The van der Waals surface area contributed by atoms with Crippen LogP contribution in [0.4, 0.5) is 0 Å². The largest absolute Gasteiger partial charge is 0.437 e. The summed E-state index contributed by atoms with van der Waals surface area (Å²) >= 11 is 6.81. The molecule has 0 aliphatic rings. The molecule has 1 aromatic heterocycles. The average molecular weight is 388 g/mol. The second-order valence-corrected chi connectivity index (χ2v) is 5.75. The lowest BCUT2D eigenvalue weighted by molar-refractivity contribution is 0.427. The van der Waals surface area contributed by atoms with E-state index < -0.39 is 0 Å². The molecule has 100 valence electrons. The fraction of sp³-hybridized carbons (Fsp3) is 0.167. The predicted octanol–water partition coefficient (Wildman–Crippen LogP) is 3.33. The molecule has 0 fully saturated rings. The third-order valence-corrected chi connectivity index (χ3v) is 3.65. The van der Waals surface area contributed by atoms with Gasteiger partial charge in [0.05, 0.1) is 10.2 Å². The van der Waals surface area contributed by atoms with Crippen LogP contribution in [0.2, 0.25) is 0 Å². The fourth-order valence-corrected chi connectivity index (χ4v) is 2.85. The van der Waals surface area contributed by atoms with E-state index in [9.17, 15) is 0 Å². The van der Waals surface area contributed by atoms with Gasteiger partial charge < -0.3 is 10.5 Å². The van der Waals surface area contributed by atoms with Crippen LogP contribution in [0.1, 0.15) is 11.3 Å². The smallest absolute Gasteiger partial charge is 0.228 e. The number of benzene rings is 1. The first kappa shape index (κ1) is 14.1. The molecular formula is C12H12Br2N4O. The van der Waals surface area contributed by atoms with Crippen LogP contribution in [-0.4, -0.2) is 15.6 Å². The third kappa shape index (κ3) is 2.82. The van der Waals surface area contributed by atoms with Crippen LogP contribution in [-0.2, 0) is 7.05 Å². The summed E-state index contributed by atoms with van der Waals surface area (Å²) in [5.74, 6) is 1.02. The number of hydrogen-bond donors (Lipinski definition) is 2. The summed E-state index contributed by atoms with van der Waals surface area (Å²) in [6.07, 6.45) is 0. The summed E-state index contributed by atoms with van der Waals surface area (Å²) in [6.45, 7) is 1.79. The van der Waals surface area contributed by atoms with Gasteiger partial charge >= 0.3 is 0 Å². The molecule has 3 N–H and O–H groups in total. The normalized spacial score (nSPS) is 10.5. The van der Waals surface area contributed by atoms with Crippen molar-refractivity contribution < 1.29 is 4.74 Å². The summed E-state index contributed by atoms with van der Waals surface area (Å²) in [5, 5.41) is 11.8. The van der Waals surface area contributed by atoms with E-state index in [1.54, 1.807) is 18.7 Å². The lowest BCUT2D eigenvalue weighted by Crippen LogP contribution is -2.13. The Labute approximate surface area is 127 Å². The molecule has 19 heavy (non-hydrogen) atoms. The Kier molecular flexibility index (Phi) is 3.96. The van der Waals surface area contributed by atoms with E-state index in [1.165, 1.54) is 0 Å². The molecule has 2 aromatic rings. The number of halogens is 2. The van der Waals surface area contributed by atoms with E-state index >= 15 is 0 Å². The first-order valence-electron chi connectivity index (χ1n) is 5.41. The van der Waals surface area contributed by atoms with Crippen LogP contribution in [0.15, 0.2) is 27.1 Å². The SMILES string of the molecule is Cc1nn(C)c(Oc2ccc(Br)cc2Br)c1C(=N)N. The molecular weight excluding hydrogens is 376 g/mol.